The van der Waals surface area contributed by atoms with Gasteiger partial charge >= 0.3 is 0 Å². The van der Waals surface area contributed by atoms with Gasteiger partial charge in [0.2, 0.25) is 11.2 Å². The second kappa shape index (κ2) is 10.7. The number of ketones is 1. The highest BCUT2D eigenvalue weighted by Crippen LogP contribution is 2.31. The Morgan fingerprint density at radius 3 is 2.37 bits per heavy atom. The molecule has 7 heteroatoms. The number of aryl methyl sites for hydroxylation is 1. The molecule has 1 aromatic heterocycles. The van der Waals surface area contributed by atoms with Crippen LogP contribution in [0.5, 0.6) is 5.75 Å². The van der Waals surface area contributed by atoms with Gasteiger partial charge in [-0.2, -0.15) is 0 Å². The second-order valence-electron chi connectivity index (χ2n) is 8.67. The highest BCUT2D eigenvalue weighted by atomic mass is 35.5. The van der Waals surface area contributed by atoms with Crippen LogP contribution in [0.15, 0.2) is 106 Å². The number of carbonyl (C=O) groups excluding carboxylic acids is 2. The van der Waals surface area contributed by atoms with E-state index in [-0.39, 0.29) is 34.0 Å². The predicted octanol–water partition coefficient (Wildman–Crippen LogP) is 6.67. The lowest BCUT2D eigenvalue weighted by molar-refractivity contribution is -0.118. The molecule has 0 aliphatic carbocycles. The monoisotopic (exact) mass is 523 g/mol. The number of amides is 1. The third-order valence-corrected chi connectivity index (χ3v) is 6.19. The number of para-hydroxylation sites is 1. The molecule has 1 N–H and O–H groups in total. The van der Waals surface area contributed by atoms with Gasteiger partial charge in [-0.1, -0.05) is 83.9 Å². The fraction of sp³-hybridized carbons (Fsp3) is 0.0645. The standard InChI is InChI=1S/C31H22ClNO5/c1-19-11-13-21(14-12-19)30-31(29(36)23-9-5-6-10-26(23)38-30)37-18-27(34)33-25-16-15-22(32)17-24(25)28(35)20-7-3-2-4-8-20/h2-17H,18H2,1H3,(H,33,34). The van der Waals surface area contributed by atoms with Crippen LogP contribution in [0.2, 0.25) is 5.02 Å². The molecule has 0 bridgehead atoms. The van der Waals surface area contributed by atoms with Crippen LogP contribution < -0.4 is 15.5 Å². The molecule has 1 amide bonds. The molecule has 0 fully saturated rings. The molecule has 0 atom stereocenters. The Morgan fingerprint density at radius 2 is 1.61 bits per heavy atom. The number of halogens is 1. The van der Waals surface area contributed by atoms with Crippen molar-refractivity contribution < 1.29 is 18.7 Å². The molecule has 4 aromatic carbocycles. The summed E-state index contributed by atoms with van der Waals surface area (Å²) >= 11 is 6.14. The van der Waals surface area contributed by atoms with Gasteiger partial charge in [-0.15, -0.1) is 0 Å². The first kappa shape index (κ1) is 25.0. The largest absolute Gasteiger partial charge is 0.476 e. The van der Waals surface area contributed by atoms with Crippen molar-refractivity contribution in [2.45, 2.75) is 6.92 Å². The normalized spacial score (nSPS) is 10.8. The van der Waals surface area contributed by atoms with Gasteiger partial charge in [0.15, 0.2) is 18.2 Å². The van der Waals surface area contributed by atoms with E-state index in [1.165, 1.54) is 6.07 Å². The zero-order chi connectivity index (χ0) is 26.6. The molecule has 5 rings (SSSR count). The number of rotatable bonds is 7. The lowest BCUT2D eigenvalue weighted by atomic mass is 10.0. The first-order valence-corrected chi connectivity index (χ1v) is 12.2. The third kappa shape index (κ3) is 5.21. The van der Waals surface area contributed by atoms with Crippen LogP contribution in [-0.4, -0.2) is 18.3 Å². The summed E-state index contributed by atoms with van der Waals surface area (Å²) in [5.41, 5.74) is 2.68. The molecule has 38 heavy (non-hydrogen) atoms. The Kier molecular flexibility index (Phi) is 7.07. The maximum atomic E-state index is 13.3. The number of fused-ring (bicyclic) bond motifs is 1. The third-order valence-electron chi connectivity index (χ3n) is 5.95. The Morgan fingerprint density at radius 1 is 0.895 bits per heavy atom. The van der Waals surface area contributed by atoms with E-state index < -0.39 is 12.5 Å². The molecule has 0 aliphatic rings. The van der Waals surface area contributed by atoms with Gasteiger partial charge < -0.3 is 14.5 Å². The fourth-order valence-corrected chi connectivity index (χ4v) is 4.21. The van der Waals surface area contributed by atoms with Crippen LogP contribution in [0.3, 0.4) is 0 Å². The lowest BCUT2D eigenvalue weighted by Gasteiger charge is -2.14. The summed E-state index contributed by atoms with van der Waals surface area (Å²) in [5.74, 6) is -0.690. The van der Waals surface area contributed by atoms with E-state index in [1.54, 1.807) is 60.7 Å². The summed E-state index contributed by atoms with van der Waals surface area (Å²) in [5, 5.41) is 3.40. The molecule has 6 nitrogen and oxygen atoms in total. The van der Waals surface area contributed by atoms with Gasteiger partial charge in [0.05, 0.1) is 11.1 Å². The summed E-state index contributed by atoms with van der Waals surface area (Å²) in [6.45, 7) is 1.47. The van der Waals surface area contributed by atoms with Crippen LogP contribution >= 0.6 is 11.6 Å². The van der Waals surface area contributed by atoms with Crippen LogP contribution in [0.1, 0.15) is 21.5 Å². The Balaban J connectivity index is 1.43. The average Bonchev–Trinajstić information content (AvgIpc) is 2.94. The summed E-state index contributed by atoms with van der Waals surface area (Å²) in [7, 11) is 0. The average molecular weight is 524 g/mol. The second-order valence-corrected chi connectivity index (χ2v) is 9.11. The molecule has 188 valence electrons. The molecule has 1 heterocycles. The number of nitrogens with one attached hydrogen (secondary N) is 1. The number of anilines is 1. The van der Waals surface area contributed by atoms with Crippen LogP contribution in [0.25, 0.3) is 22.3 Å². The van der Waals surface area contributed by atoms with E-state index >= 15 is 0 Å². The number of benzene rings is 4. The number of ether oxygens (including phenoxy) is 1. The van der Waals surface area contributed by atoms with E-state index in [0.717, 1.165) is 5.56 Å². The van der Waals surface area contributed by atoms with Gasteiger partial charge in [-0.05, 0) is 37.3 Å². The predicted molar refractivity (Wildman–Crippen MR) is 148 cm³/mol. The minimum Gasteiger partial charge on any atom is -0.476 e. The van der Waals surface area contributed by atoms with Crippen LogP contribution in [0.4, 0.5) is 5.69 Å². The Labute approximate surface area is 223 Å². The van der Waals surface area contributed by atoms with Crippen molar-refractivity contribution >= 4 is 39.9 Å². The molecular weight excluding hydrogens is 502 g/mol. The maximum Gasteiger partial charge on any atom is 0.262 e. The summed E-state index contributed by atoms with van der Waals surface area (Å²) in [6, 6.07) is 27.6. The molecule has 0 saturated carbocycles. The van der Waals surface area contributed by atoms with Gasteiger partial charge in [0, 0.05) is 21.7 Å². The zero-order valence-corrected chi connectivity index (χ0v) is 21.1. The van der Waals surface area contributed by atoms with Gasteiger partial charge in [-0.25, -0.2) is 0 Å². The van der Waals surface area contributed by atoms with Crippen molar-refractivity contribution in [2.24, 2.45) is 0 Å². The molecular formula is C31H22ClNO5. The van der Waals surface area contributed by atoms with Gasteiger partial charge in [0.25, 0.3) is 5.91 Å². The summed E-state index contributed by atoms with van der Waals surface area (Å²) in [4.78, 5) is 39.3. The number of carbonyl (C=O) groups is 2. The van der Waals surface area contributed by atoms with Crippen molar-refractivity contribution in [3.8, 4) is 17.1 Å². The van der Waals surface area contributed by atoms with Crippen molar-refractivity contribution in [3.05, 3.63) is 129 Å². The van der Waals surface area contributed by atoms with Crippen LogP contribution in [-0.2, 0) is 4.79 Å². The van der Waals surface area contributed by atoms with Crippen molar-refractivity contribution in [1.29, 1.82) is 0 Å². The minimum atomic E-state index is -0.558. The zero-order valence-electron chi connectivity index (χ0n) is 20.4. The Bertz CT molecular complexity index is 1710. The Hall–Kier alpha value is -4.68. The van der Waals surface area contributed by atoms with E-state index in [4.69, 9.17) is 20.8 Å². The van der Waals surface area contributed by atoms with Gasteiger partial charge in [-0.3, -0.25) is 14.4 Å². The van der Waals surface area contributed by atoms with E-state index in [2.05, 4.69) is 5.32 Å². The minimum absolute atomic E-state index is 0.0700. The molecule has 0 spiro atoms. The van der Waals surface area contributed by atoms with E-state index in [9.17, 15) is 14.4 Å². The molecule has 0 unspecified atom stereocenters. The SMILES string of the molecule is Cc1ccc(-c2oc3ccccc3c(=O)c2OCC(=O)Nc2ccc(Cl)cc2C(=O)c2ccccc2)cc1. The van der Waals surface area contributed by atoms with Crippen molar-refractivity contribution in [2.75, 3.05) is 11.9 Å². The summed E-state index contributed by atoms with van der Waals surface area (Å²) < 4.78 is 11.8. The molecule has 0 radical (unpaired) electrons. The molecule has 5 aromatic rings. The molecule has 0 aliphatic heterocycles. The lowest BCUT2D eigenvalue weighted by Crippen LogP contribution is -2.23. The van der Waals surface area contributed by atoms with Crippen LogP contribution in [0, 0.1) is 6.92 Å². The molecule has 0 saturated heterocycles. The van der Waals surface area contributed by atoms with E-state index in [1.807, 2.05) is 37.3 Å². The maximum absolute atomic E-state index is 13.3. The van der Waals surface area contributed by atoms with Crippen molar-refractivity contribution in [1.82, 2.24) is 0 Å². The number of hydrogen-bond donors (Lipinski definition) is 1. The van der Waals surface area contributed by atoms with Crippen molar-refractivity contribution in [3.63, 3.8) is 0 Å². The smallest absolute Gasteiger partial charge is 0.262 e. The first-order valence-electron chi connectivity index (χ1n) is 11.9. The number of hydrogen-bond acceptors (Lipinski definition) is 5. The highest BCUT2D eigenvalue weighted by molar-refractivity contribution is 6.31. The quantitative estimate of drug-likeness (QED) is 0.241. The fourth-order valence-electron chi connectivity index (χ4n) is 4.03. The highest BCUT2D eigenvalue weighted by Gasteiger charge is 2.20. The first-order chi connectivity index (χ1) is 18.4. The van der Waals surface area contributed by atoms with Gasteiger partial charge in [0.1, 0.15) is 5.58 Å². The topological polar surface area (TPSA) is 85.6 Å². The van der Waals surface area contributed by atoms with E-state index in [0.29, 0.717) is 27.1 Å². The summed E-state index contributed by atoms with van der Waals surface area (Å²) in [6.07, 6.45) is 0.